The highest BCUT2D eigenvalue weighted by Crippen LogP contribution is 2.11. The van der Waals surface area contributed by atoms with Crippen molar-refractivity contribution in [2.75, 3.05) is 0 Å². The summed E-state index contributed by atoms with van der Waals surface area (Å²) in [4.78, 5) is 0. The van der Waals surface area contributed by atoms with E-state index in [1.807, 2.05) is 24.3 Å². The molecule has 0 aliphatic heterocycles. The molecule has 0 amide bonds. The maximum absolute atomic E-state index is 6.86. The van der Waals surface area contributed by atoms with Gasteiger partial charge >= 0.3 is 0 Å². The maximum atomic E-state index is 6.86. The molecule has 0 heterocycles. The van der Waals surface area contributed by atoms with Gasteiger partial charge in [0.1, 0.15) is 0 Å². The number of hydrogen-bond acceptors (Lipinski definition) is 1. The van der Waals surface area contributed by atoms with Crippen LogP contribution in [0.3, 0.4) is 0 Å². The highest BCUT2D eigenvalue weighted by Gasteiger charge is 1.91. The second kappa shape index (κ2) is 4.94. The summed E-state index contributed by atoms with van der Waals surface area (Å²) >= 11 is 5.74. The Labute approximate surface area is 77.9 Å². The molecule has 0 spiro atoms. The van der Waals surface area contributed by atoms with Crippen LogP contribution in [0.1, 0.15) is 18.4 Å². The summed E-state index contributed by atoms with van der Waals surface area (Å²) in [6.07, 6.45) is 4.40. The van der Waals surface area contributed by atoms with E-state index in [1.54, 1.807) is 0 Å². The van der Waals surface area contributed by atoms with Crippen molar-refractivity contribution in [3.05, 3.63) is 34.9 Å². The van der Waals surface area contributed by atoms with Gasteiger partial charge in [0, 0.05) is 5.02 Å². The smallest absolute Gasteiger partial charge is 0.0406 e. The first-order valence-electron chi connectivity index (χ1n) is 4.06. The minimum absolute atomic E-state index is 0.783. The van der Waals surface area contributed by atoms with E-state index in [1.165, 1.54) is 11.8 Å². The van der Waals surface area contributed by atoms with Gasteiger partial charge in [-0.1, -0.05) is 23.7 Å². The van der Waals surface area contributed by atoms with E-state index in [0.717, 1.165) is 24.3 Å². The summed E-state index contributed by atoms with van der Waals surface area (Å²) in [6.45, 7) is 0. The van der Waals surface area contributed by atoms with Gasteiger partial charge in [-0.15, -0.1) is 0 Å². The van der Waals surface area contributed by atoms with Gasteiger partial charge < -0.3 is 5.41 Å². The van der Waals surface area contributed by atoms with Crippen LogP contribution in [-0.4, -0.2) is 6.21 Å². The number of benzene rings is 1. The first-order valence-corrected chi connectivity index (χ1v) is 4.44. The van der Waals surface area contributed by atoms with Gasteiger partial charge in [-0.3, -0.25) is 0 Å². The Morgan fingerprint density at radius 3 is 2.50 bits per heavy atom. The molecule has 0 radical (unpaired) electrons. The standard InChI is InChI=1S/C10H12ClN/c11-10-6-4-9(5-7-10)3-1-2-8-12/h4-8,12H,1-3H2. The van der Waals surface area contributed by atoms with Crippen molar-refractivity contribution in [3.8, 4) is 0 Å². The van der Waals surface area contributed by atoms with Crippen LogP contribution < -0.4 is 0 Å². The number of rotatable bonds is 4. The summed E-state index contributed by atoms with van der Waals surface area (Å²) in [6, 6.07) is 7.88. The van der Waals surface area contributed by atoms with Crippen molar-refractivity contribution in [1.29, 1.82) is 5.41 Å². The van der Waals surface area contributed by atoms with Crippen LogP contribution in [0.2, 0.25) is 5.02 Å². The molecular formula is C10H12ClN. The van der Waals surface area contributed by atoms with Crippen molar-refractivity contribution in [1.82, 2.24) is 0 Å². The van der Waals surface area contributed by atoms with E-state index in [9.17, 15) is 0 Å². The average Bonchev–Trinajstić information content (AvgIpc) is 2.09. The second-order valence-electron chi connectivity index (χ2n) is 2.72. The molecule has 0 aliphatic carbocycles. The third-order valence-electron chi connectivity index (χ3n) is 1.73. The topological polar surface area (TPSA) is 23.9 Å². The molecule has 1 nitrogen and oxygen atoms in total. The SMILES string of the molecule is N=CCCCc1ccc(Cl)cc1. The lowest BCUT2D eigenvalue weighted by molar-refractivity contribution is 0.872. The highest BCUT2D eigenvalue weighted by molar-refractivity contribution is 6.30. The molecule has 12 heavy (non-hydrogen) atoms. The van der Waals surface area contributed by atoms with Crippen LogP contribution in [0.25, 0.3) is 0 Å². The molecular weight excluding hydrogens is 170 g/mol. The van der Waals surface area contributed by atoms with Gasteiger partial charge in [0.05, 0.1) is 0 Å². The summed E-state index contributed by atoms with van der Waals surface area (Å²) in [5.74, 6) is 0. The fraction of sp³-hybridized carbons (Fsp3) is 0.300. The minimum atomic E-state index is 0.783. The molecule has 0 fully saturated rings. The summed E-state index contributed by atoms with van der Waals surface area (Å²) in [5, 5.41) is 7.64. The molecule has 1 aromatic carbocycles. The lowest BCUT2D eigenvalue weighted by atomic mass is 10.1. The average molecular weight is 182 g/mol. The number of hydrogen-bond donors (Lipinski definition) is 1. The van der Waals surface area contributed by atoms with Gasteiger partial charge in [0.2, 0.25) is 0 Å². The third kappa shape index (κ3) is 3.05. The van der Waals surface area contributed by atoms with Gasteiger partial charge in [-0.05, 0) is 43.2 Å². The third-order valence-corrected chi connectivity index (χ3v) is 1.98. The Morgan fingerprint density at radius 1 is 1.25 bits per heavy atom. The maximum Gasteiger partial charge on any atom is 0.0406 e. The monoisotopic (exact) mass is 181 g/mol. The lowest BCUT2D eigenvalue weighted by Crippen LogP contribution is -1.84. The number of unbranched alkanes of at least 4 members (excludes halogenated alkanes) is 1. The Morgan fingerprint density at radius 2 is 1.92 bits per heavy atom. The summed E-state index contributed by atoms with van der Waals surface area (Å²) in [5.41, 5.74) is 1.29. The molecule has 1 N–H and O–H groups in total. The van der Waals surface area contributed by atoms with Gasteiger partial charge in [0.15, 0.2) is 0 Å². The van der Waals surface area contributed by atoms with Gasteiger partial charge in [-0.2, -0.15) is 0 Å². The molecule has 2 heteroatoms. The van der Waals surface area contributed by atoms with Crippen LogP contribution in [-0.2, 0) is 6.42 Å². The van der Waals surface area contributed by atoms with Gasteiger partial charge in [0.25, 0.3) is 0 Å². The quantitative estimate of drug-likeness (QED) is 0.545. The predicted molar refractivity (Wildman–Crippen MR) is 53.2 cm³/mol. The zero-order chi connectivity index (χ0) is 8.81. The molecule has 1 rings (SSSR count). The summed E-state index contributed by atoms with van der Waals surface area (Å²) in [7, 11) is 0. The molecule has 0 saturated carbocycles. The van der Waals surface area contributed by atoms with Crippen LogP contribution in [0, 0.1) is 5.41 Å². The van der Waals surface area contributed by atoms with Crippen molar-refractivity contribution in [2.24, 2.45) is 0 Å². The Bertz CT molecular complexity index is 241. The van der Waals surface area contributed by atoms with Crippen LogP contribution >= 0.6 is 11.6 Å². The predicted octanol–water partition coefficient (Wildman–Crippen LogP) is 3.31. The molecule has 1 aromatic rings. The molecule has 0 saturated heterocycles. The first-order chi connectivity index (χ1) is 5.83. The second-order valence-corrected chi connectivity index (χ2v) is 3.16. The van der Waals surface area contributed by atoms with Crippen molar-refractivity contribution < 1.29 is 0 Å². The largest absolute Gasteiger partial charge is 0.313 e. The first kappa shape index (κ1) is 9.27. The van der Waals surface area contributed by atoms with Crippen molar-refractivity contribution in [2.45, 2.75) is 19.3 Å². The zero-order valence-corrected chi connectivity index (χ0v) is 7.64. The molecule has 0 aliphatic rings. The van der Waals surface area contributed by atoms with Crippen LogP contribution in [0.5, 0.6) is 0 Å². The van der Waals surface area contributed by atoms with E-state index in [0.29, 0.717) is 0 Å². The van der Waals surface area contributed by atoms with E-state index in [-0.39, 0.29) is 0 Å². The van der Waals surface area contributed by atoms with Gasteiger partial charge in [-0.25, -0.2) is 0 Å². The Hall–Kier alpha value is -0.820. The molecule has 0 atom stereocenters. The fourth-order valence-electron chi connectivity index (χ4n) is 1.06. The van der Waals surface area contributed by atoms with Crippen LogP contribution in [0.4, 0.5) is 0 Å². The highest BCUT2D eigenvalue weighted by atomic mass is 35.5. The fourth-order valence-corrected chi connectivity index (χ4v) is 1.19. The number of nitrogens with one attached hydrogen (secondary N) is 1. The van der Waals surface area contributed by atoms with E-state index in [4.69, 9.17) is 17.0 Å². The van der Waals surface area contributed by atoms with Crippen molar-refractivity contribution >= 4 is 17.8 Å². The zero-order valence-electron chi connectivity index (χ0n) is 6.89. The lowest BCUT2D eigenvalue weighted by Gasteiger charge is -1.98. The summed E-state index contributed by atoms with van der Waals surface area (Å²) < 4.78 is 0. The molecule has 64 valence electrons. The minimum Gasteiger partial charge on any atom is -0.313 e. The van der Waals surface area contributed by atoms with Crippen LogP contribution in [0.15, 0.2) is 24.3 Å². The van der Waals surface area contributed by atoms with E-state index >= 15 is 0 Å². The molecule has 0 aromatic heterocycles. The van der Waals surface area contributed by atoms with Crippen molar-refractivity contribution in [3.63, 3.8) is 0 Å². The van der Waals surface area contributed by atoms with E-state index in [2.05, 4.69) is 0 Å². The Kier molecular flexibility index (Phi) is 3.81. The number of aryl methyl sites for hydroxylation is 1. The normalized spacial score (nSPS) is 9.75. The number of halogens is 1. The van der Waals surface area contributed by atoms with E-state index < -0.39 is 0 Å². The Balaban J connectivity index is 2.42. The molecule has 0 unspecified atom stereocenters. The molecule has 0 bridgehead atoms.